The maximum absolute atomic E-state index is 11.9. The summed E-state index contributed by atoms with van der Waals surface area (Å²) in [4.78, 5) is 16.0. The number of benzene rings is 1. The Morgan fingerprint density at radius 1 is 1.45 bits per heavy atom. The van der Waals surface area contributed by atoms with Gasteiger partial charge in [-0.05, 0) is 29.9 Å². The molecule has 0 unspecified atom stereocenters. The van der Waals surface area contributed by atoms with Crippen LogP contribution in [0, 0.1) is 0 Å². The number of nitrogens with one attached hydrogen (secondary N) is 2. The van der Waals surface area contributed by atoms with Crippen LogP contribution in [0.5, 0.6) is 0 Å². The van der Waals surface area contributed by atoms with Crippen LogP contribution in [0.3, 0.4) is 0 Å². The highest BCUT2D eigenvalue weighted by atomic mass is 35.5. The minimum absolute atomic E-state index is 0.319. The van der Waals surface area contributed by atoms with E-state index in [4.69, 9.17) is 28.6 Å². The van der Waals surface area contributed by atoms with E-state index in [2.05, 4.69) is 15.6 Å². The summed E-state index contributed by atoms with van der Waals surface area (Å²) in [5.74, 6) is -0.391. The Kier molecular flexibility index (Phi) is 6.11. The van der Waals surface area contributed by atoms with Gasteiger partial charge in [-0.15, -0.1) is 11.3 Å². The number of thiazole rings is 1. The molecule has 5 nitrogen and oxygen atoms in total. The maximum atomic E-state index is 11.9. The van der Waals surface area contributed by atoms with E-state index in [1.54, 1.807) is 18.3 Å². The molecule has 22 heavy (non-hydrogen) atoms. The molecule has 0 aliphatic carbocycles. The lowest BCUT2D eigenvalue weighted by molar-refractivity contribution is -0.142. The quantitative estimate of drug-likeness (QED) is 0.635. The second kappa shape index (κ2) is 8.07. The lowest BCUT2D eigenvalue weighted by Gasteiger charge is -2.18. The smallest absolute Gasteiger partial charge is 0.328 e. The number of ether oxygens (including phenoxy) is 1. The van der Waals surface area contributed by atoms with Crippen LogP contribution in [0.4, 0.5) is 5.13 Å². The first kappa shape index (κ1) is 16.7. The molecule has 2 N–H and O–H groups in total. The van der Waals surface area contributed by atoms with E-state index >= 15 is 0 Å². The number of nitrogens with zero attached hydrogens (tertiary/aromatic N) is 1. The molecule has 8 heteroatoms. The molecule has 0 saturated carbocycles. The van der Waals surface area contributed by atoms with Crippen molar-refractivity contribution in [3.05, 3.63) is 46.4 Å². The molecule has 1 heterocycles. The standard InChI is InChI=1S/C14H14ClN3O2S2/c1-20-12(19)11(8-9-2-4-10(15)5-3-9)17-13(21)18-14-16-6-7-22-14/h2-7,11H,8H2,1H3,(H2,16,17,18,21)/t11-/m0/s1. The van der Waals surface area contributed by atoms with Crippen molar-refractivity contribution in [2.45, 2.75) is 12.5 Å². The van der Waals surface area contributed by atoms with E-state index in [1.807, 2.05) is 17.5 Å². The average molecular weight is 356 g/mol. The third-order valence-corrected chi connectivity index (χ3v) is 3.96. The molecule has 1 atom stereocenters. The van der Waals surface area contributed by atoms with Gasteiger partial charge in [0.1, 0.15) is 6.04 Å². The van der Waals surface area contributed by atoms with Gasteiger partial charge in [-0.25, -0.2) is 9.78 Å². The molecular formula is C14H14ClN3O2S2. The first-order valence-electron chi connectivity index (χ1n) is 6.38. The molecule has 0 bridgehead atoms. The summed E-state index contributed by atoms with van der Waals surface area (Å²) in [6.07, 6.45) is 2.10. The summed E-state index contributed by atoms with van der Waals surface area (Å²) in [5, 5.41) is 9.33. The highest BCUT2D eigenvalue weighted by Gasteiger charge is 2.20. The van der Waals surface area contributed by atoms with Crippen molar-refractivity contribution in [2.24, 2.45) is 0 Å². The Morgan fingerprint density at radius 3 is 2.77 bits per heavy atom. The number of aromatic nitrogens is 1. The molecule has 116 valence electrons. The Bertz CT molecular complexity index is 632. The summed E-state index contributed by atoms with van der Waals surface area (Å²) in [6.45, 7) is 0. The fraction of sp³-hybridized carbons (Fsp3) is 0.214. The van der Waals surface area contributed by atoms with Gasteiger partial charge in [-0.1, -0.05) is 23.7 Å². The molecule has 0 radical (unpaired) electrons. The van der Waals surface area contributed by atoms with Gasteiger partial charge in [0.05, 0.1) is 7.11 Å². The molecule has 0 amide bonds. The fourth-order valence-electron chi connectivity index (χ4n) is 1.77. The van der Waals surface area contributed by atoms with Crippen LogP contribution in [0.2, 0.25) is 5.02 Å². The van der Waals surface area contributed by atoms with E-state index in [-0.39, 0.29) is 0 Å². The van der Waals surface area contributed by atoms with Crippen molar-refractivity contribution in [3.8, 4) is 0 Å². The van der Waals surface area contributed by atoms with Crippen molar-refractivity contribution in [2.75, 3.05) is 12.4 Å². The number of thiocarbonyl (C=S) groups is 1. The zero-order valence-electron chi connectivity index (χ0n) is 11.7. The fourth-order valence-corrected chi connectivity index (χ4v) is 2.73. The number of anilines is 1. The first-order chi connectivity index (χ1) is 10.6. The van der Waals surface area contributed by atoms with Crippen molar-refractivity contribution in [1.82, 2.24) is 10.3 Å². The Labute approximate surface area is 142 Å². The van der Waals surface area contributed by atoms with Gasteiger partial charge in [-0.2, -0.15) is 0 Å². The van der Waals surface area contributed by atoms with E-state index in [1.165, 1.54) is 18.4 Å². The summed E-state index contributed by atoms with van der Waals surface area (Å²) >= 11 is 12.5. The van der Waals surface area contributed by atoms with Crippen molar-refractivity contribution < 1.29 is 9.53 Å². The lowest BCUT2D eigenvalue weighted by Crippen LogP contribution is -2.44. The van der Waals surface area contributed by atoms with Crippen LogP contribution >= 0.6 is 35.2 Å². The SMILES string of the molecule is COC(=O)[C@H](Cc1ccc(Cl)cc1)NC(=S)Nc1nccs1. The number of rotatable bonds is 5. The normalized spacial score (nSPS) is 11.5. The maximum Gasteiger partial charge on any atom is 0.328 e. The van der Waals surface area contributed by atoms with E-state index < -0.39 is 12.0 Å². The topological polar surface area (TPSA) is 63.2 Å². The highest BCUT2D eigenvalue weighted by Crippen LogP contribution is 2.13. The molecule has 0 aliphatic rings. The van der Waals surface area contributed by atoms with Gasteiger partial charge in [-0.3, -0.25) is 0 Å². The van der Waals surface area contributed by atoms with Crippen LogP contribution in [0.25, 0.3) is 0 Å². The van der Waals surface area contributed by atoms with Gasteiger partial charge in [0.2, 0.25) is 0 Å². The third kappa shape index (κ3) is 4.94. The zero-order chi connectivity index (χ0) is 15.9. The number of carbonyl (C=O) groups is 1. The number of hydrogen-bond donors (Lipinski definition) is 2. The number of methoxy groups -OCH3 is 1. The van der Waals surface area contributed by atoms with Crippen molar-refractivity contribution in [1.29, 1.82) is 0 Å². The average Bonchev–Trinajstić information content (AvgIpc) is 3.00. The molecule has 2 aromatic rings. The van der Waals surface area contributed by atoms with Crippen LogP contribution in [0.1, 0.15) is 5.56 Å². The van der Waals surface area contributed by atoms with Crippen LogP contribution in [-0.4, -0.2) is 29.2 Å². The summed E-state index contributed by atoms with van der Waals surface area (Å²) in [7, 11) is 1.34. The van der Waals surface area contributed by atoms with Gasteiger partial charge in [0, 0.05) is 23.0 Å². The summed E-state index contributed by atoms with van der Waals surface area (Å²) < 4.78 is 4.82. The second-order valence-corrected chi connectivity index (χ2v) is 6.08. The predicted molar refractivity (Wildman–Crippen MR) is 92.4 cm³/mol. The van der Waals surface area contributed by atoms with Crippen molar-refractivity contribution in [3.63, 3.8) is 0 Å². The van der Waals surface area contributed by atoms with Gasteiger partial charge in [0.15, 0.2) is 10.2 Å². The summed E-state index contributed by atoms with van der Waals surface area (Å²) in [5.41, 5.74) is 0.948. The molecule has 2 rings (SSSR count). The molecule has 0 aliphatic heterocycles. The van der Waals surface area contributed by atoms with Crippen LogP contribution in [-0.2, 0) is 16.0 Å². The predicted octanol–water partition coefficient (Wildman–Crippen LogP) is 2.87. The molecule has 1 aromatic heterocycles. The number of carbonyl (C=O) groups excluding carboxylic acids is 1. The Hall–Kier alpha value is -1.70. The third-order valence-electron chi connectivity index (χ3n) is 2.80. The number of halogens is 1. The van der Waals surface area contributed by atoms with Gasteiger partial charge < -0.3 is 15.4 Å². The number of hydrogen-bond acceptors (Lipinski definition) is 5. The summed E-state index contributed by atoms with van der Waals surface area (Å²) in [6, 6.07) is 6.68. The minimum Gasteiger partial charge on any atom is -0.467 e. The second-order valence-electron chi connectivity index (χ2n) is 4.34. The number of esters is 1. The zero-order valence-corrected chi connectivity index (χ0v) is 14.1. The van der Waals surface area contributed by atoms with Crippen molar-refractivity contribution >= 4 is 51.4 Å². The molecule has 1 aromatic carbocycles. The lowest BCUT2D eigenvalue weighted by atomic mass is 10.1. The minimum atomic E-state index is -0.592. The molecule has 0 saturated heterocycles. The van der Waals surface area contributed by atoms with Crippen LogP contribution < -0.4 is 10.6 Å². The monoisotopic (exact) mass is 355 g/mol. The van der Waals surface area contributed by atoms with E-state index in [9.17, 15) is 4.79 Å². The van der Waals surface area contributed by atoms with Gasteiger partial charge >= 0.3 is 5.97 Å². The molecule has 0 spiro atoms. The highest BCUT2D eigenvalue weighted by molar-refractivity contribution is 7.80. The van der Waals surface area contributed by atoms with E-state index in [0.29, 0.717) is 21.7 Å². The first-order valence-corrected chi connectivity index (χ1v) is 8.04. The van der Waals surface area contributed by atoms with Crippen LogP contribution in [0.15, 0.2) is 35.8 Å². The Morgan fingerprint density at radius 2 is 2.18 bits per heavy atom. The van der Waals surface area contributed by atoms with E-state index in [0.717, 1.165) is 5.56 Å². The molecule has 0 fully saturated rings. The largest absolute Gasteiger partial charge is 0.467 e. The molecular weight excluding hydrogens is 342 g/mol. The van der Waals surface area contributed by atoms with Gasteiger partial charge in [0.25, 0.3) is 0 Å². The Balaban J connectivity index is 2.01.